The average Bonchev–Trinajstić information content (AvgIpc) is 3.18. The van der Waals surface area contributed by atoms with E-state index in [9.17, 15) is 9.59 Å². The van der Waals surface area contributed by atoms with Crippen molar-refractivity contribution in [2.45, 2.75) is 13.0 Å². The number of hydrogen-bond donors (Lipinski definition) is 2. The largest absolute Gasteiger partial charge is 0.397 e. The van der Waals surface area contributed by atoms with Gasteiger partial charge < -0.3 is 20.9 Å². The van der Waals surface area contributed by atoms with Crippen molar-refractivity contribution in [1.29, 1.82) is 0 Å². The maximum atomic E-state index is 12.9. The Balaban J connectivity index is 1.46. The summed E-state index contributed by atoms with van der Waals surface area (Å²) in [5, 5.41) is 3.19. The number of fused-ring (bicyclic) bond motifs is 1. The van der Waals surface area contributed by atoms with Crippen LogP contribution in [0.15, 0.2) is 48.5 Å². The highest BCUT2D eigenvalue weighted by Crippen LogP contribution is 2.27. The van der Waals surface area contributed by atoms with Crippen LogP contribution in [0.1, 0.15) is 30.7 Å². The first-order valence-corrected chi connectivity index (χ1v) is 10.4. The summed E-state index contributed by atoms with van der Waals surface area (Å²) in [7, 11) is 3.93. The summed E-state index contributed by atoms with van der Waals surface area (Å²) in [6, 6.07) is 14.7. The molecular formula is C22H23N5O2S. The fourth-order valence-corrected chi connectivity index (χ4v) is 4.36. The van der Waals surface area contributed by atoms with E-state index >= 15 is 0 Å². The van der Waals surface area contributed by atoms with E-state index in [1.54, 1.807) is 12.1 Å². The lowest BCUT2D eigenvalue weighted by molar-refractivity contribution is 0.0736. The normalized spacial score (nSPS) is 12.9. The molecule has 1 aromatic heterocycles. The summed E-state index contributed by atoms with van der Waals surface area (Å²) in [5.41, 5.74) is 9.56. The third kappa shape index (κ3) is 3.99. The first-order chi connectivity index (χ1) is 14.4. The Labute approximate surface area is 179 Å². The van der Waals surface area contributed by atoms with Crippen LogP contribution in [-0.4, -0.2) is 42.3 Å². The predicted octanol–water partition coefficient (Wildman–Crippen LogP) is 3.24. The van der Waals surface area contributed by atoms with E-state index < -0.39 is 0 Å². The van der Waals surface area contributed by atoms with Crippen molar-refractivity contribution in [2.75, 3.05) is 36.6 Å². The third-order valence-electron chi connectivity index (χ3n) is 5.05. The van der Waals surface area contributed by atoms with Crippen LogP contribution in [0.2, 0.25) is 0 Å². The number of thiazole rings is 1. The Bertz CT molecular complexity index is 1090. The molecule has 30 heavy (non-hydrogen) atoms. The Kier molecular flexibility index (Phi) is 5.41. The van der Waals surface area contributed by atoms with Crippen LogP contribution in [0.5, 0.6) is 0 Å². The molecule has 0 fully saturated rings. The molecule has 2 heterocycles. The van der Waals surface area contributed by atoms with Crippen LogP contribution < -0.4 is 16.0 Å². The fraction of sp³-hybridized carbons (Fsp3) is 0.227. The topological polar surface area (TPSA) is 91.6 Å². The Morgan fingerprint density at radius 3 is 2.57 bits per heavy atom. The molecule has 4 rings (SSSR count). The molecule has 0 saturated heterocycles. The van der Waals surface area contributed by atoms with E-state index in [-0.39, 0.29) is 11.8 Å². The van der Waals surface area contributed by atoms with Gasteiger partial charge in [0.15, 0.2) is 5.01 Å². The second-order valence-corrected chi connectivity index (χ2v) is 8.43. The number of rotatable bonds is 4. The number of aromatic nitrogens is 1. The van der Waals surface area contributed by atoms with Gasteiger partial charge in [-0.2, -0.15) is 0 Å². The van der Waals surface area contributed by atoms with Gasteiger partial charge in [-0.05, 0) is 36.4 Å². The number of hydrogen-bond acceptors (Lipinski definition) is 6. The third-order valence-corrected chi connectivity index (χ3v) is 6.13. The summed E-state index contributed by atoms with van der Waals surface area (Å²) >= 11 is 1.33. The lowest BCUT2D eigenvalue weighted by Gasteiger charge is -2.26. The van der Waals surface area contributed by atoms with Gasteiger partial charge in [0.1, 0.15) is 0 Å². The Morgan fingerprint density at radius 1 is 1.13 bits per heavy atom. The van der Waals surface area contributed by atoms with E-state index in [4.69, 9.17) is 5.73 Å². The minimum absolute atomic E-state index is 0.0117. The van der Waals surface area contributed by atoms with Crippen molar-refractivity contribution >= 4 is 40.2 Å². The van der Waals surface area contributed by atoms with Crippen LogP contribution in [0.4, 0.5) is 17.1 Å². The SMILES string of the molecule is CN(C)c1ccc(C(=O)N2CCc3nc(C(=O)Nc4ccccc4N)sc3C2)cc1. The number of amides is 2. The van der Waals surface area contributed by atoms with Crippen molar-refractivity contribution in [3.63, 3.8) is 0 Å². The number of benzene rings is 2. The van der Waals surface area contributed by atoms with Gasteiger partial charge in [0, 0.05) is 43.2 Å². The highest BCUT2D eigenvalue weighted by molar-refractivity contribution is 7.13. The molecule has 3 N–H and O–H groups in total. The van der Waals surface area contributed by atoms with E-state index in [0.29, 0.717) is 41.5 Å². The van der Waals surface area contributed by atoms with Gasteiger partial charge >= 0.3 is 0 Å². The van der Waals surface area contributed by atoms with Gasteiger partial charge in [-0.3, -0.25) is 9.59 Å². The molecule has 154 valence electrons. The van der Waals surface area contributed by atoms with E-state index in [1.807, 2.05) is 60.3 Å². The van der Waals surface area contributed by atoms with Crippen molar-refractivity contribution in [2.24, 2.45) is 0 Å². The number of nitrogens with one attached hydrogen (secondary N) is 1. The summed E-state index contributed by atoms with van der Waals surface area (Å²) in [6.45, 7) is 1.04. The fourth-order valence-electron chi connectivity index (χ4n) is 3.34. The molecule has 0 bridgehead atoms. The van der Waals surface area contributed by atoms with Crippen molar-refractivity contribution in [1.82, 2.24) is 9.88 Å². The lowest BCUT2D eigenvalue weighted by Crippen LogP contribution is -2.35. The Hall–Kier alpha value is -3.39. The van der Waals surface area contributed by atoms with Gasteiger partial charge in [0.2, 0.25) is 0 Å². The number of anilines is 3. The van der Waals surface area contributed by atoms with Crippen LogP contribution in [0.3, 0.4) is 0 Å². The summed E-state index contributed by atoms with van der Waals surface area (Å²) < 4.78 is 0. The highest BCUT2D eigenvalue weighted by atomic mass is 32.1. The molecule has 0 aliphatic carbocycles. The molecule has 1 aliphatic heterocycles. The van der Waals surface area contributed by atoms with Crippen molar-refractivity contribution < 1.29 is 9.59 Å². The first kappa shape index (κ1) is 19.9. The van der Waals surface area contributed by atoms with E-state index in [1.165, 1.54) is 11.3 Å². The zero-order valence-corrected chi connectivity index (χ0v) is 17.7. The smallest absolute Gasteiger partial charge is 0.284 e. The van der Waals surface area contributed by atoms with Gasteiger partial charge in [-0.25, -0.2) is 4.98 Å². The van der Waals surface area contributed by atoms with Gasteiger partial charge in [-0.15, -0.1) is 11.3 Å². The molecule has 0 saturated carbocycles. The average molecular weight is 422 g/mol. The zero-order valence-electron chi connectivity index (χ0n) is 16.9. The van der Waals surface area contributed by atoms with Gasteiger partial charge in [0.25, 0.3) is 11.8 Å². The van der Waals surface area contributed by atoms with E-state index in [2.05, 4.69) is 10.3 Å². The molecule has 2 amide bonds. The maximum Gasteiger partial charge on any atom is 0.284 e. The molecule has 8 heteroatoms. The number of carbonyl (C=O) groups excluding carboxylic acids is 2. The second kappa shape index (κ2) is 8.16. The molecule has 2 aromatic carbocycles. The zero-order chi connectivity index (χ0) is 21.3. The molecule has 0 spiro atoms. The highest BCUT2D eigenvalue weighted by Gasteiger charge is 2.26. The molecule has 1 aliphatic rings. The minimum Gasteiger partial charge on any atom is -0.397 e. The Morgan fingerprint density at radius 2 is 1.87 bits per heavy atom. The maximum absolute atomic E-state index is 12.9. The quantitative estimate of drug-likeness (QED) is 0.631. The van der Waals surface area contributed by atoms with Gasteiger partial charge in [-0.1, -0.05) is 12.1 Å². The van der Waals surface area contributed by atoms with Crippen LogP contribution in [0.25, 0.3) is 0 Å². The lowest BCUT2D eigenvalue weighted by atomic mass is 10.1. The number of nitrogen functional groups attached to an aromatic ring is 1. The molecular weight excluding hydrogens is 398 g/mol. The standard InChI is InChI=1S/C22H23N5O2S/c1-26(2)15-9-7-14(8-10-15)22(29)27-12-11-18-19(13-27)30-21(25-18)20(28)24-17-6-4-3-5-16(17)23/h3-10H,11-13,23H2,1-2H3,(H,24,28). The predicted molar refractivity (Wildman–Crippen MR) is 120 cm³/mol. The number of nitrogens with zero attached hydrogens (tertiary/aromatic N) is 3. The molecule has 0 unspecified atom stereocenters. The summed E-state index contributed by atoms with van der Waals surface area (Å²) in [4.78, 5) is 34.8. The molecule has 0 atom stereocenters. The molecule has 3 aromatic rings. The van der Waals surface area contributed by atoms with E-state index in [0.717, 1.165) is 16.3 Å². The van der Waals surface area contributed by atoms with Gasteiger partial charge in [0.05, 0.1) is 23.6 Å². The first-order valence-electron chi connectivity index (χ1n) is 9.63. The number of nitrogens with two attached hydrogens (primary N) is 1. The molecule has 7 nitrogen and oxygen atoms in total. The number of para-hydroxylation sites is 2. The monoisotopic (exact) mass is 421 g/mol. The van der Waals surface area contributed by atoms with Crippen LogP contribution in [-0.2, 0) is 13.0 Å². The van der Waals surface area contributed by atoms with Crippen molar-refractivity contribution in [3.05, 3.63) is 69.7 Å². The van der Waals surface area contributed by atoms with Crippen molar-refractivity contribution in [3.8, 4) is 0 Å². The molecule has 0 radical (unpaired) electrons. The van der Waals surface area contributed by atoms with Crippen LogP contribution >= 0.6 is 11.3 Å². The minimum atomic E-state index is -0.288. The van der Waals surface area contributed by atoms with Crippen LogP contribution in [0, 0.1) is 0 Å². The second-order valence-electron chi connectivity index (χ2n) is 7.35. The summed E-state index contributed by atoms with van der Waals surface area (Å²) in [6.07, 6.45) is 0.633. The number of carbonyl (C=O) groups is 2. The summed E-state index contributed by atoms with van der Waals surface area (Å²) in [5.74, 6) is -0.299.